The number of aliphatic hydroxyl groups is 1. The predicted octanol–water partition coefficient (Wildman–Crippen LogP) is 4.25. The van der Waals surface area contributed by atoms with Gasteiger partial charge >= 0.3 is 11.3 Å². The Balaban J connectivity index is 1.82. The van der Waals surface area contributed by atoms with Gasteiger partial charge in [0.15, 0.2) is 11.9 Å². The molecule has 1 N–H and O–H groups in total. The van der Waals surface area contributed by atoms with Crippen molar-refractivity contribution < 1.29 is 43.2 Å². The number of hydrogen-bond donors (Lipinski definition) is 1. The highest BCUT2D eigenvalue weighted by Gasteiger charge is 2.60. The summed E-state index contributed by atoms with van der Waals surface area (Å²) in [5.74, 6) is -1.79. The van der Waals surface area contributed by atoms with E-state index in [1.54, 1.807) is 6.92 Å². The Morgan fingerprint density at radius 2 is 1.83 bits per heavy atom. The molecule has 46 heavy (non-hydrogen) atoms. The monoisotopic (exact) mass is 668 g/mol. The van der Waals surface area contributed by atoms with Gasteiger partial charge in [-0.05, 0) is 80.4 Å². The van der Waals surface area contributed by atoms with Gasteiger partial charge in [0.2, 0.25) is 5.12 Å². The van der Waals surface area contributed by atoms with Crippen molar-refractivity contribution in [3.05, 3.63) is 12.2 Å². The van der Waals surface area contributed by atoms with Crippen LogP contribution in [-0.2, 0) is 33.3 Å². The molecular weight excluding hydrogens is 612 g/mol. The molecule has 4 heterocycles. The second kappa shape index (κ2) is 14.9. The molecule has 262 valence electrons. The largest absolute Gasteiger partial charge is 0.455 e. The van der Waals surface area contributed by atoms with Gasteiger partial charge in [0.05, 0.1) is 36.3 Å². The van der Waals surface area contributed by atoms with E-state index in [4.69, 9.17) is 23.7 Å². The summed E-state index contributed by atoms with van der Waals surface area (Å²) < 4.78 is 31.6. The molecule has 0 spiro atoms. The Hall–Kier alpha value is -1.54. The van der Waals surface area contributed by atoms with E-state index in [2.05, 4.69) is 18.7 Å². The second-order valence-electron chi connectivity index (χ2n) is 14.7. The van der Waals surface area contributed by atoms with Crippen LogP contribution in [0.3, 0.4) is 0 Å². The van der Waals surface area contributed by atoms with Crippen molar-refractivity contribution >= 4 is 28.1 Å². The molecule has 2 bridgehead atoms. The molecule has 3 saturated heterocycles. The van der Waals surface area contributed by atoms with E-state index in [1.165, 1.54) is 0 Å². The topological polar surface area (TPSA) is 124 Å². The minimum Gasteiger partial charge on any atom is -0.455 e. The number of thioether (sulfide) groups is 1. The summed E-state index contributed by atoms with van der Waals surface area (Å²) in [7, 11) is 5.86. The predicted molar refractivity (Wildman–Crippen MR) is 175 cm³/mol. The molecule has 4 aliphatic rings. The minimum atomic E-state index is -1.09. The average molecular weight is 669 g/mol. The zero-order valence-corrected chi connectivity index (χ0v) is 30.1. The highest BCUT2D eigenvalue weighted by atomic mass is 32.2. The Morgan fingerprint density at radius 1 is 1.13 bits per heavy atom. The fourth-order valence-electron chi connectivity index (χ4n) is 8.37. The van der Waals surface area contributed by atoms with Gasteiger partial charge in [-0.1, -0.05) is 32.9 Å². The van der Waals surface area contributed by atoms with E-state index >= 15 is 0 Å². The van der Waals surface area contributed by atoms with E-state index < -0.39 is 58.1 Å². The molecule has 13 atom stereocenters. The Bertz CT molecular complexity index is 1140. The van der Waals surface area contributed by atoms with Gasteiger partial charge in [-0.3, -0.25) is 9.59 Å². The summed E-state index contributed by atoms with van der Waals surface area (Å²) in [6, 6.07) is -0.309. The van der Waals surface area contributed by atoms with Crippen molar-refractivity contribution in [2.24, 2.45) is 23.7 Å². The molecule has 3 unspecified atom stereocenters. The van der Waals surface area contributed by atoms with E-state index in [0.29, 0.717) is 44.0 Å². The Kier molecular flexibility index (Phi) is 12.1. The number of aliphatic hydroxyl groups excluding tert-OH is 1. The third-order valence-corrected chi connectivity index (χ3v) is 11.6. The fourth-order valence-corrected chi connectivity index (χ4v) is 9.01. The molecule has 3 fully saturated rings. The van der Waals surface area contributed by atoms with Crippen molar-refractivity contribution in [1.29, 1.82) is 0 Å². The quantitative estimate of drug-likeness (QED) is 0.340. The summed E-state index contributed by atoms with van der Waals surface area (Å²) in [5.41, 5.74) is -2.11. The van der Waals surface area contributed by atoms with Crippen LogP contribution in [0.15, 0.2) is 12.2 Å². The lowest BCUT2D eigenvalue weighted by Crippen LogP contribution is -2.59. The van der Waals surface area contributed by atoms with E-state index in [0.717, 1.165) is 0 Å². The van der Waals surface area contributed by atoms with Crippen LogP contribution in [0, 0.1) is 23.7 Å². The first-order chi connectivity index (χ1) is 21.5. The normalized spacial score (nSPS) is 45.9. The van der Waals surface area contributed by atoms with Gasteiger partial charge in [-0.2, -0.15) is 0 Å². The number of hydrogen-bond acceptors (Lipinski definition) is 12. The zero-order chi connectivity index (χ0) is 34.1. The van der Waals surface area contributed by atoms with Gasteiger partial charge in [-0.25, -0.2) is 4.79 Å². The van der Waals surface area contributed by atoms with Gasteiger partial charge in [0.25, 0.3) is 0 Å². The molecular formula is C34H56N2O9S. The summed E-state index contributed by atoms with van der Waals surface area (Å²) in [4.78, 5) is 45.0. The van der Waals surface area contributed by atoms with Crippen LogP contribution >= 0.6 is 11.8 Å². The summed E-state index contributed by atoms with van der Waals surface area (Å²) in [6.45, 7) is 14.5. The first kappa shape index (κ1) is 37.3. The molecule has 0 aliphatic carbocycles. The molecule has 0 aromatic carbocycles. The van der Waals surface area contributed by atoms with Crippen LogP contribution in [0.2, 0.25) is 0 Å². The van der Waals surface area contributed by atoms with Crippen molar-refractivity contribution in [3.8, 4) is 0 Å². The van der Waals surface area contributed by atoms with Gasteiger partial charge < -0.3 is 38.6 Å². The maximum Gasteiger partial charge on any atom is 0.375 e. The number of nitrogens with zero attached hydrogens (tertiary/aromatic N) is 2. The number of fused-ring (bicyclic) bond motifs is 5. The minimum absolute atomic E-state index is 0.0709. The first-order valence-corrected chi connectivity index (χ1v) is 17.6. The van der Waals surface area contributed by atoms with Crippen LogP contribution in [0.25, 0.3) is 0 Å². The summed E-state index contributed by atoms with van der Waals surface area (Å²) >= 11 is 0.494. The van der Waals surface area contributed by atoms with E-state index in [9.17, 15) is 19.5 Å². The molecule has 4 aliphatic heterocycles. The SMILES string of the molecule is CC[C@H]1OC(=O)SC(=O)[C@H](C)[C@@H](O[C@@H]2O[C@H](C)CC(N(C)C)C2O)[C@]2(C)C[C@@H](C)CN(C)[C@H](C)[C@H]3C(C/C=C\CO2)C(=O)O[C@@]31C. The highest BCUT2D eigenvalue weighted by Crippen LogP contribution is 2.47. The van der Waals surface area contributed by atoms with Gasteiger partial charge in [0, 0.05) is 36.3 Å². The molecule has 0 aromatic heterocycles. The van der Waals surface area contributed by atoms with Crippen LogP contribution in [0.1, 0.15) is 74.1 Å². The van der Waals surface area contributed by atoms with Crippen LogP contribution in [0.5, 0.6) is 0 Å². The molecule has 0 saturated carbocycles. The highest BCUT2D eigenvalue weighted by molar-refractivity contribution is 8.25. The Labute approximate surface area is 279 Å². The lowest BCUT2D eigenvalue weighted by atomic mass is 9.72. The van der Waals surface area contributed by atoms with Gasteiger partial charge in [0.1, 0.15) is 12.2 Å². The van der Waals surface area contributed by atoms with Crippen LogP contribution in [-0.4, -0.2) is 120 Å². The average Bonchev–Trinajstić information content (AvgIpc) is 3.23. The number of allylic oxidation sites excluding steroid dienone is 1. The number of cyclic esters (lactones) is 1. The number of esters is 1. The molecule has 0 amide bonds. The van der Waals surface area contributed by atoms with Crippen molar-refractivity contribution in [3.63, 3.8) is 0 Å². The van der Waals surface area contributed by atoms with Crippen LogP contribution in [0.4, 0.5) is 4.79 Å². The summed E-state index contributed by atoms with van der Waals surface area (Å²) in [5, 5.41) is 10.2. The summed E-state index contributed by atoms with van der Waals surface area (Å²) in [6.07, 6.45) is 2.06. The number of carbonyl (C=O) groups is 3. The lowest BCUT2D eigenvalue weighted by Gasteiger charge is -2.47. The van der Waals surface area contributed by atoms with Crippen molar-refractivity contribution in [2.45, 2.75) is 128 Å². The molecule has 11 nitrogen and oxygen atoms in total. The number of carbonyl (C=O) groups excluding carboxylic acids is 3. The standard InChI is InChI=1S/C34H56N2O9S/c1-11-25-34(7)26-22(5)36(10)18-19(2)17-33(6,41-15-13-12-14-23(26)29(38)45-34)28(21(4)30(39)46-32(40)43-25)44-31-27(37)24(35(8)9)16-20(3)42-31/h12-13,19-28,31,37H,11,14-18H2,1-10H3/b13-12-/t19-,20-,21-,22-,23?,24?,25-,26+,27?,28-,31+,33+,34-/m1/s1. The maximum atomic E-state index is 13.9. The van der Waals surface area contributed by atoms with Crippen LogP contribution < -0.4 is 0 Å². The van der Waals surface area contributed by atoms with Crippen molar-refractivity contribution in [2.75, 3.05) is 34.3 Å². The second-order valence-corrected chi connectivity index (χ2v) is 15.6. The Morgan fingerprint density at radius 3 is 2.48 bits per heavy atom. The van der Waals surface area contributed by atoms with Gasteiger partial charge in [-0.15, -0.1) is 0 Å². The van der Waals surface area contributed by atoms with Crippen molar-refractivity contribution in [1.82, 2.24) is 9.80 Å². The number of likely N-dealkylation sites (N-methyl/N-ethyl adjacent to an activating group) is 1. The molecule has 12 heteroatoms. The molecule has 0 aromatic rings. The lowest BCUT2D eigenvalue weighted by molar-refractivity contribution is -0.296. The van der Waals surface area contributed by atoms with E-state index in [1.807, 2.05) is 65.9 Å². The third-order valence-electron chi connectivity index (χ3n) is 10.8. The zero-order valence-electron chi connectivity index (χ0n) is 29.3. The maximum absolute atomic E-state index is 13.9. The number of ether oxygens (including phenoxy) is 5. The first-order valence-electron chi connectivity index (χ1n) is 16.8. The number of rotatable bonds is 4. The molecule has 4 rings (SSSR count). The smallest absolute Gasteiger partial charge is 0.375 e. The molecule has 0 radical (unpaired) electrons. The third kappa shape index (κ3) is 7.68. The van der Waals surface area contributed by atoms with E-state index in [-0.39, 0.29) is 42.6 Å². The fraction of sp³-hybridized carbons (Fsp3) is 0.853.